The number of benzene rings is 1. The smallest absolute Gasteiger partial charge is 0.329 e. The molecule has 0 radical (unpaired) electrons. The van der Waals surface area contributed by atoms with Crippen molar-refractivity contribution in [3.05, 3.63) is 30.3 Å². The van der Waals surface area contributed by atoms with Crippen LogP contribution in [0.1, 0.15) is 6.92 Å². The Labute approximate surface area is 76.1 Å². The van der Waals surface area contributed by atoms with Crippen LogP contribution in [0.5, 0.6) is 5.75 Å². The molecule has 1 aromatic carbocycles. The zero-order valence-electron chi connectivity index (χ0n) is 6.66. The fourth-order valence-electron chi connectivity index (χ4n) is 0.686. The van der Waals surface area contributed by atoms with Gasteiger partial charge in [-0.1, -0.05) is 18.2 Å². The molecular formula is C9H9ClO2. The normalized spacial score (nSPS) is 12.2. The van der Waals surface area contributed by atoms with Gasteiger partial charge in [0, 0.05) is 0 Å². The van der Waals surface area contributed by atoms with E-state index in [4.69, 9.17) is 16.3 Å². The molecule has 1 atom stereocenters. The molecule has 3 heteroatoms. The van der Waals surface area contributed by atoms with Gasteiger partial charge in [-0.05, 0) is 19.1 Å². The Hall–Kier alpha value is -1.02. The Balaban J connectivity index is 2.59. The van der Waals surface area contributed by atoms with E-state index in [-0.39, 0.29) is 0 Å². The predicted molar refractivity (Wildman–Crippen MR) is 47.4 cm³/mol. The van der Waals surface area contributed by atoms with Crippen molar-refractivity contribution in [1.82, 2.24) is 0 Å². The number of halogens is 1. The zero-order chi connectivity index (χ0) is 8.97. The molecule has 12 heavy (non-hydrogen) atoms. The average Bonchev–Trinajstić information content (AvgIpc) is 2.06. The topological polar surface area (TPSA) is 26.3 Å². The molecule has 0 aliphatic rings. The van der Waals surface area contributed by atoms with E-state index < -0.39 is 11.3 Å². The molecule has 1 unspecified atom stereocenters. The Morgan fingerprint density at radius 2 is 2.00 bits per heavy atom. The number of esters is 1. The highest BCUT2D eigenvalue weighted by Crippen LogP contribution is 2.10. The van der Waals surface area contributed by atoms with Gasteiger partial charge >= 0.3 is 5.97 Å². The van der Waals surface area contributed by atoms with Gasteiger partial charge in [0.2, 0.25) is 0 Å². The minimum atomic E-state index is -0.606. The monoisotopic (exact) mass is 184 g/mol. The van der Waals surface area contributed by atoms with Gasteiger partial charge in [0.25, 0.3) is 0 Å². The fraction of sp³-hybridized carbons (Fsp3) is 0.222. The number of alkyl halides is 1. The van der Waals surface area contributed by atoms with Gasteiger partial charge < -0.3 is 4.74 Å². The molecule has 0 fully saturated rings. The fourth-order valence-corrected chi connectivity index (χ4v) is 0.730. The van der Waals surface area contributed by atoms with Gasteiger partial charge in [-0.2, -0.15) is 0 Å². The maximum atomic E-state index is 11.0. The van der Waals surface area contributed by atoms with E-state index in [1.54, 1.807) is 31.2 Å². The summed E-state index contributed by atoms with van der Waals surface area (Å²) in [6.45, 7) is 1.58. The first-order valence-electron chi connectivity index (χ1n) is 3.61. The number of hydrogen-bond donors (Lipinski definition) is 0. The van der Waals surface area contributed by atoms with Crippen LogP contribution >= 0.6 is 11.6 Å². The second-order valence-electron chi connectivity index (χ2n) is 2.35. The van der Waals surface area contributed by atoms with E-state index in [1.807, 2.05) is 6.07 Å². The van der Waals surface area contributed by atoms with E-state index in [2.05, 4.69) is 0 Å². The summed E-state index contributed by atoms with van der Waals surface area (Å²) in [6.07, 6.45) is 0. The quantitative estimate of drug-likeness (QED) is 0.400. The average molecular weight is 185 g/mol. The molecule has 0 bridgehead atoms. The maximum absolute atomic E-state index is 11.0. The van der Waals surface area contributed by atoms with Gasteiger partial charge in [-0.15, -0.1) is 11.6 Å². The lowest BCUT2D eigenvalue weighted by molar-refractivity contribution is -0.133. The van der Waals surface area contributed by atoms with Crippen molar-refractivity contribution in [3.8, 4) is 5.75 Å². The van der Waals surface area contributed by atoms with E-state index in [0.717, 1.165) is 0 Å². The van der Waals surface area contributed by atoms with Crippen LogP contribution in [-0.2, 0) is 4.79 Å². The van der Waals surface area contributed by atoms with Crippen molar-refractivity contribution in [2.75, 3.05) is 0 Å². The van der Waals surface area contributed by atoms with Gasteiger partial charge in [0.05, 0.1) is 0 Å². The number of ether oxygens (including phenoxy) is 1. The van der Waals surface area contributed by atoms with Crippen LogP contribution in [0.4, 0.5) is 0 Å². The highest BCUT2D eigenvalue weighted by Gasteiger charge is 2.10. The van der Waals surface area contributed by atoms with Gasteiger partial charge in [0.15, 0.2) is 0 Å². The molecule has 0 N–H and O–H groups in total. The molecule has 0 amide bonds. The molecule has 1 rings (SSSR count). The Morgan fingerprint density at radius 3 is 2.50 bits per heavy atom. The predicted octanol–water partition coefficient (Wildman–Crippen LogP) is 2.22. The Kier molecular flexibility index (Phi) is 3.11. The lowest BCUT2D eigenvalue weighted by Gasteiger charge is -2.03. The van der Waals surface area contributed by atoms with Crippen molar-refractivity contribution >= 4 is 17.6 Å². The van der Waals surface area contributed by atoms with Crippen LogP contribution < -0.4 is 4.74 Å². The van der Waals surface area contributed by atoms with Crippen molar-refractivity contribution in [2.45, 2.75) is 12.3 Å². The minimum Gasteiger partial charge on any atom is -0.425 e. The summed E-state index contributed by atoms with van der Waals surface area (Å²) in [7, 11) is 0. The third kappa shape index (κ3) is 2.55. The summed E-state index contributed by atoms with van der Waals surface area (Å²) in [5.41, 5.74) is 0. The first kappa shape index (κ1) is 9.07. The number of hydrogen-bond acceptors (Lipinski definition) is 2. The molecule has 2 nitrogen and oxygen atoms in total. The summed E-state index contributed by atoms with van der Waals surface area (Å²) in [5, 5.41) is -0.606. The molecule has 0 aliphatic heterocycles. The summed E-state index contributed by atoms with van der Waals surface area (Å²) in [6, 6.07) is 8.85. The van der Waals surface area contributed by atoms with Crippen LogP contribution in [0.25, 0.3) is 0 Å². The van der Waals surface area contributed by atoms with Crippen LogP contribution in [-0.4, -0.2) is 11.3 Å². The van der Waals surface area contributed by atoms with Crippen LogP contribution in [0, 0.1) is 0 Å². The lowest BCUT2D eigenvalue weighted by atomic mass is 10.3. The van der Waals surface area contributed by atoms with Crippen molar-refractivity contribution < 1.29 is 9.53 Å². The van der Waals surface area contributed by atoms with Crippen LogP contribution in [0.2, 0.25) is 0 Å². The molecule has 0 saturated heterocycles. The first-order chi connectivity index (χ1) is 5.70. The van der Waals surface area contributed by atoms with Crippen molar-refractivity contribution in [1.29, 1.82) is 0 Å². The standard InChI is InChI=1S/C9H9ClO2/c1-7(10)9(11)12-8-5-3-2-4-6-8/h2-7H,1H3. The minimum absolute atomic E-state index is 0.428. The number of para-hydroxylation sites is 1. The lowest BCUT2D eigenvalue weighted by Crippen LogP contribution is -2.17. The molecular weight excluding hydrogens is 176 g/mol. The van der Waals surface area contributed by atoms with E-state index in [0.29, 0.717) is 5.75 Å². The first-order valence-corrected chi connectivity index (χ1v) is 4.04. The van der Waals surface area contributed by atoms with Gasteiger partial charge in [-0.25, -0.2) is 0 Å². The molecule has 0 saturated carbocycles. The third-order valence-electron chi connectivity index (χ3n) is 1.29. The van der Waals surface area contributed by atoms with Gasteiger partial charge in [0.1, 0.15) is 11.1 Å². The van der Waals surface area contributed by atoms with Crippen molar-refractivity contribution in [2.24, 2.45) is 0 Å². The summed E-state index contributed by atoms with van der Waals surface area (Å²) in [4.78, 5) is 11.0. The number of carbonyl (C=O) groups excluding carboxylic acids is 1. The number of rotatable bonds is 2. The van der Waals surface area contributed by atoms with E-state index >= 15 is 0 Å². The molecule has 0 heterocycles. The second-order valence-corrected chi connectivity index (χ2v) is 3.00. The van der Waals surface area contributed by atoms with Gasteiger partial charge in [-0.3, -0.25) is 4.79 Å². The summed E-state index contributed by atoms with van der Waals surface area (Å²) >= 11 is 5.50. The molecule has 64 valence electrons. The zero-order valence-corrected chi connectivity index (χ0v) is 7.41. The molecule has 0 spiro atoms. The number of carbonyl (C=O) groups is 1. The van der Waals surface area contributed by atoms with Crippen LogP contribution in [0.15, 0.2) is 30.3 Å². The highest BCUT2D eigenvalue weighted by atomic mass is 35.5. The third-order valence-corrected chi connectivity index (χ3v) is 1.46. The summed E-state index contributed by atoms with van der Waals surface area (Å²) < 4.78 is 4.90. The highest BCUT2D eigenvalue weighted by molar-refractivity contribution is 6.29. The Bertz CT molecular complexity index is 256. The summed E-state index contributed by atoms with van der Waals surface area (Å²) in [5.74, 6) is 0.0952. The van der Waals surface area contributed by atoms with E-state index in [1.165, 1.54) is 0 Å². The van der Waals surface area contributed by atoms with Crippen LogP contribution in [0.3, 0.4) is 0 Å². The SMILES string of the molecule is CC(Cl)C(=O)Oc1ccccc1. The molecule has 0 aliphatic carbocycles. The molecule has 0 aromatic heterocycles. The molecule has 1 aromatic rings. The Morgan fingerprint density at radius 1 is 1.42 bits per heavy atom. The maximum Gasteiger partial charge on any atom is 0.329 e. The van der Waals surface area contributed by atoms with E-state index in [9.17, 15) is 4.79 Å². The second kappa shape index (κ2) is 4.12. The largest absolute Gasteiger partial charge is 0.425 e. The van der Waals surface area contributed by atoms with Crippen molar-refractivity contribution in [3.63, 3.8) is 0 Å².